The van der Waals surface area contributed by atoms with E-state index >= 15 is 0 Å². The van der Waals surface area contributed by atoms with Crippen LogP contribution in [0.3, 0.4) is 0 Å². The number of hydrogen-bond acceptors (Lipinski definition) is 6. The van der Waals surface area contributed by atoms with E-state index < -0.39 is 19.2 Å². The molecule has 0 unspecified atom stereocenters. The molecule has 0 atom stereocenters. The molecule has 3 aromatic heterocycles. The maximum absolute atomic E-state index is 11.5. The molecule has 7 aromatic rings. The van der Waals surface area contributed by atoms with Crippen molar-refractivity contribution in [3.05, 3.63) is 139 Å². The van der Waals surface area contributed by atoms with Crippen molar-refractivity contribution >= 4 is 55.1 Å². The SMILES string of the molecule is CC(C)c1ccnc(-c2[c-]ccc3c2sc2c(-c4ccc(C(=O)OO)cc4)cccc23)c1.[CH3][Ge]([CH3])([CH3])[c]1ccc(-c2[c-]cccc2)nc1.[Ir]. The quantitative estimate of drug-likeness (QED) is 0.0779. The molecule has 249 valence electrons. The van der Waals surface area contributed by atoms with Crippen molar-refractivity contribution in [1.82, 2.24) is 9.97 Å². The van der Waals surface area contributed by atoms with Crippen LogP contribution < -0.4 is 4.40 Å². The molecule has 0 fully saturated rings. The molecule has 5 nitrogen and oxygen atoms in total. The Balaban J connectivity index is 0.000000233. The largest absolute Gasteiger partial charge is 0 e. The number of pyridine rings is 2. The molecular formula is C41H36GeIrN2O3S-2. The van der Waals surface area contributed by atoms with E-state index in [0.717, 1.165) is 38.3 Å². The summed E-state index contributed by atoms with van der Waals surface area (Å²) < 4.78 is 3.77. The van der Waals surface area contributed by atoms with Gasteiger partial charge in [0, 0.05) is 31.0 Å². The van der Waals surface area contributed by atoms with Gasteiger partial charge in [0.1, 0.15) is 0 Å². The van der Waals surface area contributed by atoms with Crippen LogP contribution in [0.1, 0.15) is 35.7 Å². The maximum Gasteiger partial charge on any atom is 0 e. The fourth-order valence-corrected chi connectivity index (χ4v) is 9.03. The summed E-state index contributed by atoms with van der Waals surface area (Å²) >= 11 is 0.0151. The molecule has 0 aliphatic rings. The van der Waals surface area contributed by atoms with Gasteiger partial charge in [-0.3, -0.25) is 4.89 Å². The molecule has 0 bridgehead atoms. The Morgan fingerprint density at radius 3 is 2.24 bits per heavy atom. The molecule has 49 heavy (non-hydrogen) atoms. The van der Waals surface area contributed by atoms with E-state index in [1.54, 1.807) is 23.5 Å². The Morgan fingerprint density at radius 2 is 1.59 bits per heavy atom. The van der Waals surface area contributed by atoms with E-state index in [2.05, 4.69) is 101 Å². The van der Waals surface area contributed by atoms with Gasteiger partial charge in [0.2, 0.25) is 0 Å². The molecule has 4 aromatic carbocycles. The van der Waals surface area contributed by atoms with E-state index in [-0.39, 0.29) is 20.1 Å². The van der Waals surface area contributed by atoms with Crippen LogP contribution in [0.5, 0.6) is 0 Å². The first-order chi connectivity index (χ1) is 23.1. The second kappa shape index (κ2) is 15.7. The van der Waals surface area contributed by atoms with Crippen LogP contribution in [0, 0.1) is 12.1 Å². The molecule has 1 N–H and O–H groups in total. The van der Waals surface area contributed by atoms with Gasteiger partial charge in [0.05, 0.1) is 5.56 Å². The van der Waals surface area contributed by atoms with E-state index in [4.69, 9.17) is 5.26 Å². The summed E-state index contributed by atoms with van der Waals surface area (Å²) in [5.74, 6) is 6.80. The van der Waals surface area contributed by atoms with Crippen LogP contribution in [-0.4, -0.2) is 34.5 Å². The zero-order chi connectivity index (χ0) is 33.8. The molecular weight excluding hydrogens is 865 g/mol. The van der Waals surface area contributed by atoms with Crippen LogP contribution in [-0.2, 0) is 25.0 Å². The Morgan fingerprint density at radius 1 is 0.816 bits per heavy atom. The number of nitrogens with zero attached hydrogens (tertiary/aromatic N) is 2. The minimum atomic E-state index is -1.72. The van der Waals surface area contributed by atoms with E-state index in [9.17, 15) is 4.79 Å². The monoisotopic (exact) mass is 903 g/mol. The summed E-state index contributed by atoms with van der Waals surface area (Å²) in [6, 6.07) is 40.5. The zero-order valence-corrected chi connectivity index (χ0v) is 33.3. The normalized spacial score (nSPS) is 11.2. The van der Waals surface area contributed by atoms with Crippen LogP contribution in [0.15, 0.2) is 116 Å². The number of aromatic nitrogens is 2. The first-order valence-corrected chi connectivity index (χ1v) is 24.0. The maximum atomic E-state index is 11.5. The van der Waals surface area contributed by atoms with Crippen LogP contribution in [0.2, 0.25) is 17.3 Å². The molecule has 7 rings (SSSR count). The molecule has 8 heteroatoms. The summed E-state index contributed by atoms with van der Waals surface area (Å²) in [7, 11) is 0. The first kappa shape index (κ1) is 36.3. The smallest absolute Gasteiger partial charge is 0 e. The van der Waals surface area contributed by atoms with Crippen molar-refractivity contribution in [3.63, 3.8) is 0 Å². The standard InChI is InChI=1S/C27H20NO3S.C14H16GeN.Ir/c1-16(2)19-13-14-28-24(15-19)23-8-4-7-22-21-6-3-5-20(25(21)32-26(22)23)17-9-11-18(12-10-17)27(29)31-30;1-15(2,3)13-9-10-14(16-11-13)12-7-5-4-6-8-12;/h3-7,9-16,30H,1-2H3;4-7,9-11H,1-3H3;/q2*-1;. The summed E-state index contributed by atoms with van der Waals surface area (Å²) in [4.78, 5) is 24.5. The van der Waals surface area contributed by atoms with Crippen molar-refractivity contribution in [2.24, 2.45) is 0 Å². The van der Waals surface area contributed by atoms with E-state index in [1.165, 1.54) is 25.4 Å². The Bertz CT molecular complexity index is 2190. The number of hydrogen-bond donors (Lipinski definition) is 1. The molecule has 0 spiro atoms. The molecule has 1 radical (unpaired) electrons. The third-order valence-corrected chi connectivity index (χ3v) is 13.8. The van der Waals surface area contributed by atoms with Gasteiger partial charge >= 0.3 is 106 Å². The van der Waals surface area contributed by atoms with Crippen molar-refractivity contribution in [2.75, 3.05) is 0 Å². The number of benzene rings is 4. The van der Waals surface area contributed by atoms with Gasteiger partial charge in [-0.25, -0.2) is 4.79 Å². The fourth-order valence-electron chi connectivity index (χ4n) is 5.51. The van der Waals surface area contributed by atoms with Crippen molar-refractivity contribution in [1.29, 1.82) is 0 Å². The van der Waals surface area contributed by atoms with E-state index in [0.29, 0.717) is 11.5 Å². The minimum absolute atomic E-state index is 0. The zero-order valence-electron chi connectivity index (χ0n) is 27.9. The van der Waals surface area contributed by atoms with Gasteiger partial charge in [-0.1, -0.05) is 61.2 Å². The second-order valence-corrected chi connectivity index (χ2v) is 24.6. The van der Waals surface area contributed by atoms with Gasteiger partial charge in [0.15, 0.2) is 0 Å². The van der Waals surface area contributed by atoms with Crippen molar-refractivity contribution < 1.29 is 35.0 Å². The number of fused-ring (bicyclic) bond motifs is 3. The third kappa shape index (κ3) is 8.09. The van der Waals surface area contributed by atoms with Crippen molar-refractivity contribution in [3.8, 4) is 33.6 Å². The Kier molecular flexibility index (Phi) is 11.6. The third-order valence-electron chi connectivity index (χ3n) is 8.29. The van der Waals surface area contributed by atoms with Crippen molar-refractivity contribution in [2.45, 2.75) is 37.0 Å². The summed E-state index contributed by atoms with van der Waals surface area (Å²) in [6.07, 6.45) is 3.91. The first-order valence-electron chi connectivity index (χ1n) is 15.9. The van der Waals surface area contributed by atoms with Crippen LogP contribution >= 0.6 is 11.3 Å². The van der Waals surface area contributed by atoms with Gasteiger partial charge < -0.3 is 4.98 Å². The fraction of sp³-hybridized carbons (Fsp3) is 0.146. The minimum Gasteiger partial charge on any atom is 0 e. The number of thiophene rings is 1. The summed E-state index contributed by atoms with van der Waals surface area (Å²) in [5, 5.41) is 11.0. The molecule has 0 saturated carbocycles. The molecule has 0 amide bonds. The van der Waals surface area contributed by atoms with E-state index in [1.807, 2.05) is 60.9 Å². The second-order valence-electron chi connectivity index (χ2n) is 12.9. The van der Waals surface area contributed by atoms with Gasteiger partial charge in [-0.05, 0) is 51.0 Å². The number of rotatable bonds is 6. The number of carbonyl (C=O) groups is 1. The summed E-state index contributed by atoms with van der Waals surface area (Å²) in [5.41, 5.74) is 7.65. The topological polar surface area (TPSA) is 72.3 Å². The predicted molar refractivity (Wildman–Crippen MR) is 200 cm³/mol. The average Bonchev–Trinajstić information content (AvgIpc) is 3.51. The predicted octanol–water partition coefficient (Wildman–Crippen LogP) is 10.4. The molecule has 0 aliphatic carbocycles. The van der Waals surface area contributed by atoms with Crippen LogP contribution in [0.25, 0.3) is 53.8 Å². The van der Waals surface area contributed by atoms with Gasteiger partial charge in [-0.15, -0.1) is 23.8 Å². The Hall–Kier alpha value is -3.98. The molecule has 0 aliphatic heterocycles. The molecule has 3 heterocycles. The van der Waals surface area contributed by atoms with Gasteiger partial charge in [-0.2, -0.15) is 16.6 Å². The summed E-state index contributed by atoms with van der Waals surface area (Å²) in [6.45, 7) is 4.36. The van der Waals surface area contributed by atoms with Crippen LogP contribution in [0.4, 0.5) is 0 Å². The number of carbonyl (C=O) groups excluding carboxylic acids is 1. The van der Waals surface area contributed by atoms with Gasteiger partial charge in [0.25, 0.3) is 0 Å². The molecule has 0 saturated heterocycles. The average molecular weight is 902 g/mol. The Labute approximate surface area is 307 Å².